The van der Waals surface area contributed by atoms with Gasteiger partial charge in [-0.05, 0) is 17.1 Å². The first kappa shape index (κ1) is 23.6. The first-order valence-corrected chi connectivity index (χ1v) is 12.5. The Kier molecular flexibility index (Phi) is 6.39. The minimum absolute atomic E-state index is 0.0379. The van der Waals surface area contributed by atoms with Gasteiger partial charge in [0.2, 0.25) is 0 Å². The fraction of sp³-hybridized carbons (Fsp3) is 0.391. The smallest absolute Gasteiger partial charge is 0.333 e. The van der Waals surface area contributed by atoms with Gasteiger partial charge in [0.15, 0.2) is 6.54 Å². The van der Waals surface area contributed by atoms with Gasteiger partial charge in [-0.15, -0.1) is 11.3 Å². The van der Waals surface area contributed by atoms with Crippen LogP contribution < -0.4 is 0 Å². The lowest BCUT2D eigenvalue weighted by Crippen LogP contribution is -2.62. The number of nitrogens with zero attached hydrogens (tertiary/aromatic N) is 7. The molecule has 182 valence electrons. The van der Waals surface area contributed by atoms with E-state index >= 15 is 0 Å². The summed E-state index contributed by atoms with van der Waals surface area (Å²) in [6.45, 7) is 3.47. The first-order chi connectivity index (χ1) is 16.8. The van der Waals surface area contributed by atoms with Crippen LogP contribution in [0.2, 0.25) is 5.02 Å². The van der Waals surface area contributed by atoms with E-state index in [0.29, 0.717) is 23.9 Å². The van der Waals surface area contributed by atoms with E-state index in [1.54, 1.807) is 23.0 Å². The molecule has 2 fully saturated rings. The van der Waals surface area contributed by atoms with E-state index in [1.807, 2.05) is 29.2 Å². The van der Waals surface area contributed by atoms with E-state index in [2.05, 4.69) is 15.3 Å². The van der Waals surface area contributed by atoms with E-state index in [0.717, 1.165) is 40.8 Å². The zero-order valence-corrected chi connectivity index (χ0v) is 21.0. The molecule has 4 heterocycles. The molecule has 3 aliphatic heterocycles. The Bertz CT molecular complexity index is 1230. The number of likely N-dealkylation sites (N-methyl/N-ethyl adjacent to an activating group) is 2. The first-order valence-electron chi connectivity index (χ1n) is 11.2. The molecule has 1 unspecified atom stereocenters. The summed E-state index contributed by atoms with van der Waals surface area (Å²) in [5.41, 5.74) is 1.98. The molecule has 0 radical (unpaired) electrons. The Morgan fingerprint density at radius 3 is 2.54 bits per heavy atom. The Hall–Kier alpha value is -3.15. The van der Waals surface area contributed by atoms with Crippen LogP contribution in [0.15, 0.2) is 34.6 Å². The van der Waals surface area contributed by atoms with Crippen LogP contribution >= 0.6 is 22.9 Å². The molecule has 1 aromatic carbocycles. The lowest BCUT2D eigenvalue weighted by Gasteiger charge is -2.34. The summed E-state index contributed by atoms with van der Waals surface area (Å²) in [6.07, 6.45) is 1.48. The van der Waals surface area contributed by atoms with Crippen LogP contribution in [-0.4, -0.2) is 112 Å². The highest BCUT2D eigenvalue weighted by Gasteiger charge is 2.51. The van der Waals surface area contributed by atoms with Crippen molar-refractivity contribution in [3.63, 3.8) is 0 Å². The molecule has 0 saturated carbocycles. The van der Waals surface area contributed by atoms with Crippen molar-refractivity contribution in [1.29, 1.82) is 0 Å². The molecule has 12 heteroatoms. The summed E-state index contributed by atoms with van der Waals surface area (Å²) in [5.74, 6) is -0.0802. The van der Waals surface area contributed by atoms with E-state index in [-0.39, 0.29) is 18.4 Å². The van der Waals surface area contributed by atoms with Crippen molar-refractivity contribution in [2.45, 2.75) is 12.6 Å². The number of carbonyl (C=O) groups excluding carboxylic acids is 3. The number of aliphatic imine (C=N–C) groups is 1. The van der Waals surface area contributed by atoms with Crippen molar-refractivity contribution < 1.29 is 19.0 Å². The number of thiazole rings is 1. The Labute approximate surface area is 211 Å². The second kappa shape index (κ2) is 9.48. The average molecular weight is 515 g/mol. The van der Waals surface area contributed by atoms with Gasteiger partial charge in [0.25, 0.3) is 30.0 Å². The summed E-state index contributed by atoms with van der Waals surface area (Å²) in [7, 11) is 3.02. The van der Waals surface area contributed by atoms with Crippen molar-refractivity contribution in [2.75, 3.05) is 46.8 Å². The molecule has 35 heavy (non-hydrogen) atoms. The molecule has 2 aromatic rings. The van der Waals surface area contributed by atoms with Gasteiger partial charge >= 0.3 is 6.03 Å². The van der Waals surface area contributed by atoms with Crippen LogP contribution in [0.4, 0.5) is 4.79 Å². The van der Waals surface area contributed by atoms with Crippen LogP contribution in [0.3, 0.4) is 0 Å². The number of rotatable bonds is 5. The van der Waals surface area contributed by atoms with Crippen LogP contribution in [0.25, 0.3) is 11.3 Å². The topological polar surface area (TPSA) is 92.4 Å². The van der Waals surface area contributed by atoms with E-state index < -0.39 is 12.1 Å². The molecule has 1 atom stereocenters. The van der Waals surface area contributed by atoms with E-state index in [9.17, 15) is 14.4 Å². The minimum atomic E-state index is -0.743. The summed E-state index contributed by atoms with van der Waals surface area (Å²) in [4.78, 5) is 53.3. The summed E-state index contributed by atoms with van der Waals surface area (Å²) in [5, 5.41) is 3.79. The Morgan fingerprint density at radius 2 is 1.83 bits per heavy atom. The zero-order valence-electron chi connectivity index (χ0n) is 19.4. The Balaban J connectivity index is 1.14. The predicted octanol–water partition coefficient (Wildman–Crippen LogP) is 1.45. The molecule has 3 aliphatic rings. The average Bonchev–Trinajstić information content (AvgIpc) is 3.50. The molecular weight excluding hydrogens is 490 g/mol. The van der Waals surface area contributed by atoms with Crippen molar-refractivity contribution in [3.8, 4) is 11.3 Å². The van der Waals surface area contributed by atoms with Gasteiger partial charge in [0.05, 0.1) is 12.2 Å². The van der Waals surface area contributed by atoms with Gasteiger partial charge in [0.1, 0.15) is 5.01 Å². The van der Waals surface area contributed by atoms with Gasteiger partial charge in [-0.2, -0.15) is 0 Å². The minimum Gasteiger partial charge on any atom is -0.337 e. The highest BCUT2D eigenvalue weighted by atomic mass is 35.5. The number of imide groups is 1. The van der Waals surface area contributed by atoms with Crippen LogP contribution in [0, 0.1) is 0 Å². The molecule has 4 amide bonds. The number of halogens is 1. The number of piperazine rings is 1. The van der Waals surface area contributed by atoms with Crippen molar-refractivity contribution in [3.05, 3.63) is 39.7 Å². The number of aromatic nitrogens is 1. The fourth-order valence-electron chi connectivity index (χ4n) is 4.41. The number of hydrogen-bond donors (Lipinski definition) is 0. The molecule has 0 N–H and O–H groups in total. The van der Waals surface area contributed by atoms with Crippen LogP contribution in [-0.2, 0) is 16.1 Å². The van der Waals surface area contributed by atoms with Gasteiger partial charge in [0, 0.05) is 56.2 Å². The number of hydrogen-bond acceptors (Lipinski definition) is 7. The number of amides is 4. The maximum Gasteiger partial charge on any atom is 0.333 e. The number of benzene rings is 1. The second-order valence-corrected chi connectivity index (χ2v) is 10.1. The summed E-state index contributed by atoms with van der Waals surface area (Å²) in [6, 6.07) is 6.48. The number of carbonyl (C=O) groups is 3. The lowest BCUT2D eigenvalue weighted by molar-refractivity contribution is -0.520. The summed E-state index contributed by atoms with van der Waals surface area (Å²) < 4.78 is 1.61. The van der Waals surface area contributed by atoms with Crippen LogP contribution in [0.5, 0.6) is 0 Å². The third kappa shape index (κ3) is 4.58. The molecule has 0 bridgehead atoms. The SMILES string of the molecule is CN1C(=O)C2C(=NC=[N+]2CC(=O)N2CCN(Cc3nc(-c4ccc(Cl)cc4)cs3)CC2)N(C)C1=O. The van der Waals surface area contributed by atoms with Crippen molar-refractivity contribution >= 4 is 53.0 Å². The van der Waals surface area contributed by atoms with Gasteiger partial charge in [-0.25, -0.2) is 14.4 Å². The third-order valence-corrected chi connectivity index (χ3v) is 7.58. The molecule has 2 saturated heterocycles. The number of amidine groups is 1. The Morgan fingerprint density at radius 1 is 1.11 bits per heavy atom. The monoisotopic (exact) mass is 514 g/mol. The maximum atomic E-state index is 13.0. The largest absolute Gasteiger partial charge is 0.337 e. The second-order valence-electron chi connectivity index (χ2n) is 8.71. The van der Waals surface area contributed by atoms with Gasteiger partial charge < -0.3 is 4.90 Å². The predicted molar refractivity (Wildman–Crippen MR) is 133 cm³/mol. The molecule has 5 rings (SSSR count). The molecule has 10 nitrogen and oxygen atoms in total. The van der Waals surface area contributed by atoms with E-state index in [4.69, 9.17) is 16.6 Å². The van der Waals surface area contributed by atoms with Crippen molar-refractivity contribution in [1.82, 2.24) is 24.6 Å². The zero-order chi connectivity index (χ0) is 24.7. The maximum absolute atomic E-state index is 13.0. The quantitative estimate of drug-likeness (QED) is 0.563. The third-order valence-electron chi connectivity index (χ3n) is 6.49. The van der Waals surface area contributed by atoms with Crippen molar-refractivity contribution in [2.24, 2.45) is 4.99 Å². The lowest BCUT2D eigenvalue weighted by atomic mass is 10.1. The molecule has 0 spiro atoms. The van der Waals surface area contributed by atoms with E-state index in [1.165, 1.54) is 18.3 Å². The molecular formula is C23H25ClN7O3S+. The summed E-state index contributed by atoms with van der Waals surface area (Å²) >= 11 is 7.60. The highest BCUT2D eigenvalue weighted by Crippen LogP contribution is 2.24. The highest BCUT2D eigenvalue weighted by molar-refractivity contribution is 7.09. The van der Waals surface area contributed by atoms with Gasteiger partial charge in [-0.1, -0.05) is 23.7 Å². The molecule has 0 aliphatic carbocycles. The number of urea groups is 1. The molecule has 1 aromatic heterocycles. The van der Waals surface area contributed by atoms with Crippen LogP contribution in [0.1, 0.15) is 5.01 Å². The standard InChI is InChI=1S/C23H25ClN7O3S/c1-27-21-20(22(33)28(2)23(27)34)31(14-25-21)12-19(32)30-9-7-29(8-10-30)11-18-26-17(13-35-18)15-3-5-16(24)6-4-15/h3-6,13-14,20H,7-12H2,1-2H3/q+1. The number of fused-ring (bicyclic) bond motifs is 1. The fourth-order valence-corrected chi connectivity index (χ4v) is 5.38. The normalized spacial score (nSPS) is 20.8. The van der Waals surface area contributed by atoms with Gasteiger partial charge in [-0.3, -0.25) is 24.3 Å².